The van der Waals surface area contributed by atoms with Crippen LogP contribution in [0.25, 0.3) is 33.8 Å². The highest BCUT2D eigenvalue weighted by molar-refractivity contribution is 5.99. The number of ether oxygens (including phenoxy) is 1. The predicted octanol–water partition coefficient (Wildman–Crippen LogP) is 6.10. The van der Waals surface area contributed by atoms with Crippen molar-refractivity contribution in [3.63, 3.8) is 0 Å². The zero-order chi connectivity index (χ0) is 21.8. The zero-order valence-corrected chi connectivity index (χ0v) is 17.5. The second kappa shape index (κ2) is 9.02. The Balaban J connectivity index is 1.89. The van der Waals surface area contributed by atoms with E-state index in [1.54, 1.807) is 7.11 Å². The number of hydrogen-bond donors (Lipinski definition) is 1. The van der Waals surface area contributed by atoms with E-state index in [9.17, 15) is 4.79 Å². The lowest BCUT2D eigenvalue weighted by atomic mass is 9.97. The third-order valence-corrected chi connectivity index (χ3v) is 5.49. The van der Waals surface area contributed by atoms with Crippen molar-refractivity contribution in [3.8, 4) is 16.8 Å². The van der Waals surface area contributed by atoms with E-state index in [-0.39, 0.29) is 6.42 Å². The van der Waals surface area contributed by atoms with Gasteiger partial charge in [-0.2, -0.15) is 0 Å². The fourth-order valence-electron chi connectivity index (χ4n) is 3.95. The zero-order valence-electron chi connectivity index (χ0n) is 17.5. The van der Waals surface area contributed by atoms with E-state index in [1.807, 2.05) is 24.3 Å². The van der Waals surface area contributed by atoms with E-state index in [2.05, 4.69) is 65.9 Å². The van der Waals surface area contributed by atoms with E-state index in [0.29, 0.717) is 13.0 Å². The summed E-state index contributed by atoms with van der Waals surface area (Å²) in [7, 11) is 1.69. The summed E-state index contributed by atoms with van der Waals surface area (Å²) >= 11 is 0. The molecule has 0 aliphatic carbocycles. The Morgan fingerprint density at radius 3 is 2.48 bits per heavy atom. The van der Waals surface area contributed by atoms with Crippen LogP contribution in [0.4, 0.5) is 0 Å². The number of carboxylic acids is 1. The summed E-state index contributed by atoms with van der Waals surface area (Å²) in [6.07, 6.45) is 4.64. The number of methoxy groups -OCH3 is 1. The van der Waals surface area contributed by atoms with Crippen molar-refractivity contribution < 1.29 is 14.6 Å². The number of aryl methyl sites for hydroxylation is 1. The Hall–Kier alpha value is -3.63. The van der Waals surface area contributed by atoms with E-state index in [1.165, 1.54) is 0 Å². The Morgan fingerprint density at radius 1 is 1.03 bits per heavy atom. The van der Waals surface area contributed by atoms with Gasteiger partial charge < -0.3 is 14.4 Å². The third kappa shape index (κ3) is 4.30. The Labute approximate surface area is 182 Å². The first-order valence-corrected chi connectivity index (χ1v) is 10.3. The number of carbonyl (C=O) groups is 1. The summed E-state index contributed by atoms with van der Waals surface area (Å²) in [5.74, 6) is -0.786. The highest BCUT2D eigenvalue weighted by Gasteiger charge is 2.14. The largest absolute Gasteiger partial charge is 0.481 e. The predicted molar refractivity (Wildman–Crippen MR) is 125 cm³/mol. The molecule has 1 aromatic heterocycles. The van der Waals surface area contributed by atoms with Gasteiger partial charge >= 0.3 is 5.97 Å². The van der Waals surface area contributed by atoms with Gasteiger partial charge in [0.25, 0.3) is 0 Å². The molecule has 4 aromatic rings. The molecular weight excluding hydrogens is 386 g/mol. The van der Waals surface area contributed by atoms with Crippen LogP contribution in [-0.4, -0.2) is 22.8 Å². The normalized spacial score (nSPS) is 11.0. The lowest BCUT2D eigenvalue weighted by Crippen LogP contribution is -1.97. The average Bonchev–Trinajstić information content (AvgIpc) is 3.17. The number of fused-ring (bicyclic) bond motifs is 1. The molecule has 0 fully saturated rings. The number of nitrogens with zero attached hydrogens (tertiary/aromatic N) is 1. The molecule has 0 aliphatic rings. The summed E-state index contributed by atoms with van der Waals surface area (Å²) in [5, 5.41) is 10.2. The minimum absolute atomic E-state index is 0.117. The van der Waals surface area contributed by atoms with Crippen molar-refractivity contribution in [1.29, 1.82) is 0 Å². The molecule has 0 radical (unpaired) electrons. The molecule has 1 N–H and O–H groups in total. The van der Waals surface area contributed by atoms with Gasteiger partial charge in [-0.25, -0.2) is 0 Å². The fourth-order valence-corrected chi connectivity index (χ4v) is 3.95. The monoisotopic (exact) mass is 411 g/mol. The minimum Gasteiger partial charge on any atom is -0.481 e. The van der Waals surface area contributed by atoms with Crippen LogP contribution in [0.2, 0.25) is 0 Å². The molecule has 3 aromatic carbocycles. The average molecular weight is 412 g/mol. The van der Waals surface area contributed by atoms with Crippen LogP contribution < -0.4 is 0 Å². The molecule has 1 heterocycles. The molecule has 31 heavy (non-hydrogen) atoms. The van der Waals surface area contributed by atoms with Crippen molar-refractivity contribution in [2.24, 2.45) is 0 Å². The summed E-state index contributed by atoms with van der Waals surface area (Å²) in [6.45, 7) is 4.55. The van der Waals surface area contributed by atoms with Crippen molar-refractivity contribution in [2.45, 2.75) is 19.4 Å². The molecule has 0 aliphatic heterocycles. The molecule has 0 spiro atoms. The Bertz CT molecular complexity index is 1240. The van der Waals surface area contributed by atoms with Crippen LogP contribution in [0.15, 0.2) is 79.5 Å². The van der Waals surface area contributed by atoms with Crippen LogP contribution in [0.3, 0.4) is 0 Å². The second-order valence-corrected chi connectivity index (χ2v) is 7.55. The van der Waals surface area contributed by atoms with Crippen LogP contribution in [0.5, 0.6) is 0 Å². The number of carboxylic acid groups (broad SMARTS) is 1. The maximum absolute atomic E-state index is 11.0. The van der Waals surface area contributed by atoms with E-state index in [0.717, 1.165) is 44.4 Å². The Kier molecular flexibility index (Phi) is 6.01. The first-order chi connectivity index (χ1) is 15.1. The van der Waals surface area contributed by atoms with Gasteiger partial charge in [-0.1, -0.05) is 55.1 Å². The summed E-state index contributed by atoms with van der Waals surface area (Å²) in [6, 6.07) is 22.7. The highest BCUT2D eigenvalue weighted by Crippen LogP contribution is 2.35. The highest BCUT2D eigenvalue weighted by atomic mass is 16.5. The first kappa shape index (κ1) is 20.6. The van der Waals surface area contributed by atoms with Gasteiger partial charge in [0.2, 0.25) is 0 Å². The molecule has 0 bridgehead atoms. The van der Waals surface area contributed by atoms with Crippen molar-refractivity contribution >= 4 is 22.9 Å². The van der Waals surface area contributed by atoms with Crippen LogP contribution in [0.1, 0.15) is 23.1 Å². The smallest absolute Gasteiger partial charge is 0.303 e. The van der Waals surface area contributed by atoms with E-state index in [4.69, 9.17) is 9.84 Å². The lowest BCUT2D eigenvalue weighted by molar-refractivity contribution is -0.136. The molecule has 4 heteroatoms. The van der Waals surface area contributed by atoms with Crippen LogP contribution >= 0.6 is 0 Å². The van der Waals surface area contributed by atoms with E-state index < -0.39 is 5.97 Å². The number of rotatable bonds is 8. The quantitative estimate of drug-likeness (QED) is 0.381. The number of benzene rings is 3. The molecule has 0 saturated carbocycles. The van der Waals surface area contributed by atoms with Gasteiger partial charge in [-0.3, -0.25) is 4.79 Å². The van der Waals surface area contributed by atoms with Gasteiger partial charge in [0.05, 0.1) is 12.1 Å². The second-order valence-electron chi connectivity index (χ2n) is 7.55. The van der Waals surface area contributed by atoms with Gasteiger partial charge in [0.1, 0.15) is 0 Å². The third-order valence-electron chi connectivity index (χ3n) is 5.49. The molecule has 0 unspecified atom stereocenters. The molecule has 0 amide bonds. The van der Waals surface area contributed by atoms with Crippen LogP contribution in [-0.2, 0) is 22.6 Å². The number of hydrogen-bond acceptors (Lipinski definition) is 2. The number of aromatic nitrogens is 1. The maximum Gasteiger partial charge on any atom is 0.303 e. The first-order valence-electron chi connectivity index (χ1n) is 10.3. The molecular formula is C27H25NO3. The summed E-state index contributed by atoms with van der Waals surface area (Å²) in [5.41, 5.74) is 7.54. The number of aliphatic carboxylic acids is 1. The topological polar surface area (TPSA) is 51.5 Å². The van der Waals surface area contributed by atoms with Gasteiger partial charge in [0, 0.05) is 36.4 Å². The maximum atomic E-state index is 11.0. The Morgan fingerprint density at radius 2 is 1.77 bits per heavy atom. The SMILES string of the molecule is C=Cc1ccccc1-c1cn(-c2ccc(COC)cc2)c2ccc(CCC(=O)O)cc12. The van der Waals surface area contributed by atoms with E-state index >= 15 is 0 Å². The standard InChI is InChI=1S/C27H25NO3/c1-3-21-6-4-5-7-23(21)25-17-28(22-12-8-20(9-13-22)18-31-2)26-14-10-19(16-24(25)26)11-15-27(29)30/h3-10,12-14,16-17H,1,11,15,18H2,2H3,(H,29,30). The van der Waals surface area contributed by atoms with Crippen LogP contribution in [0, 0.1) is 0 Å². The van der Waals surface area contributed by atoms with Crippen molar-refractivity contribution in [1.82, 2.24) is 4.57 Å². The summed E-state index contributed by atoms with van der Waals surface area (Å²) < 4.78 is 7.41. The fraction of sp³-hybridized carbons (Fsp3) is 0.148. The van der Waals surface area contributed by atoms with Gasteiger partial charge in [0.15, 0.2) is 0 Å². The van der Waals surface area contributed by atoms with Crippen molar-refractivity contribution in [2.75, 3.05) is 7.11 Å². The minimum atomic E-state index is -0.786. The molecule has 0 saturated heterocycles. The molecule has 4 nitrogen and oxygen atoms in total. The molecule has 0 atom stereocenters. The summed E-state index contributed by atoms with van der Waals surface area (Å²) in [4.78, 5) is 11.0. The molecule has 4 rings (SSSR count). The van der Waals surface area contributed by atoms with Gasteiger partial charge in [-0.05, 0) is 52.9 Å². The van der Waals surface area contributed by atoms with Crippen molar-refractivity contribution in [3.05, 3.63) is 96.2 Å². The molecule has 156 valence electrons. The lowest BCUT2D eigenvalue weighted by Gasteiger charge is -2.07. The van der Waals surface area contributed by atoms with Gasteiger partial charge in [-0.15, -0.1) is 0 Å².